The molecule has 2 rings (SSSR count). The van der Waals surface area contributed by atoms with E-state index in [9.17, 15) is 13.2 Å². The highest BCUT2D eigenvalue weighted by Gasteiger charge is 2.24. The highest BCUT2D eigenvalue weighted by atomic mass is 35.5. The van der Waals surface area contributed by atoms with E-state index in [1.165, 1.54) is 0 Å². The van der Waals surface area contributed by atoms with Crippen LogP contribution < -0.4 is 10.0 Å². The van der Waals surface area contributed by atoms with Gasteiger partial charge in [-0.1, -0.05) is 17.7 Å². The number of nitrogens with zero attached hydrogens (tertiary/aromatic N) is 1. The summed E-state index contributed by atoms with van der Waals surface area (Å²) in [7, 11) is -1.67. The molecule has 6 nitrogen and oxygen atoms in total. The van der Waals surface area contributed by atoms with Crippen molar-refractivity contribution in [1.29, 1.82) is 0 Å². The molecule has 8 heteroatoms. The molecule has 25 heavy (non-hydrogen) atoms. The maximum atomic E-state index is 12.3. The lowest BCUT2D eigenvalue weighted by atomic mass is 9.98. The Balaban J connectivity index is 0.00000312. The van der Waals surface area contributed by atoms with Crippen LogP contribution in [0.1, 0.15) is 24.8 Å². The standard InChI is InChI=1S/C17H27N3O3S.ClH/c1-14-5-7-16(8-6-14)24(22,23)19-12-15-4-3-11-20(13-15)17(21)9-10-18-2;/h5-8,15,18-19H,3-4,9-13H2,1-2H3;1H. The minimum atomic E-state index is -3.49. The quantitative estimate of drug-likeness (QED) is 0.741. The summed E-state index contributed by atoms with van der Waals surface area (Å²) in [4.78, 5) is 14.2. The van der Waals surface area contributed by atoms with E-state index in [-0.39, 0.29) is 29.1 Å². The van der Waals surface area contributed by atoms with Crippen LogP contribution in [0, 0.1) is 12.8 Å². The molecule has 0 radical (unpaired) electrons. The van der Waals surface area contributed by atoms with Crippen LogP contribution in [-0.2, 0) is 14.8 Å². The Hall–Kier alpha value is -1.15. The van der Waals surface area contributed by atoms with Gasteiger partial charge in [-0.3, -0.25) is 4.79 Å². The summed E-state index contributed by atoms with van der Waals surface area (Å²) in [6, 6.07) is 6.81. The molecule has 0 saturated carbocycles. The Kier molecular flexibility index (Phi) is 8.85. The number of rotatable bonds is 7. The first-order chi connectivity index (χ1) is 11.4. The second-order valence-corrected chi connectivity index (χ2v) is 8.13. The Morgan fingerprint density at radius 3 is 2.60 bits per heavy atom. The Morgan fingerprint density at radius 1 is 1.28 bits per heavy atom. The number of benzene rings is 1. The lowest BCUT2D eigenvalue weighted by Gasteiger charge is -2.33. The summed E-state index contributed by atoms with van der Waals surface area (Å²) in [6.07, 6.45) is 2.34. The van der Waals surface area contributed by atoms with E-state index >= 15 is 0 Å². The molecule has 1 fully saturated rings. The van der Waals surface area contributed by atoms with Crippen LogP contribution in [0.5, 0.6) is 0 Å². The maximum Gasteiger partial charge on any atom is 0.240 e. The van der Waals surface area contributed by atoms with Crippen molar-refractivity contribution >= 4 is 28.3 Å². The molecule has 1 aliphatic rings. The number of sulfonamides is 1. The molecule has 0 bridgehead atoms. The van der Waals surface area contributed by atoms with E-state index in [0.29, 0.717) is 26.1 Å². The number of piperidine rings is 1. The molecule has 2 N–H and O–H groups in total. The zero-order valence-electron chi connectivity index (χ0n) is 14.8. The summed E-state index contributed by atoms with van der Waals surface area (Å²) in [5.41, 5.74) is 1.02. The lowest BCUT2D eigenvalue weighted by molar-refractivity contribution is -0.132. The minimum Gasteiger partial charge on any atom is -0.342 e. The molecule has 1 aromatic carbocycles. The van der Waals surface area contributed by atoms with Gasteiger partial charge >= 0.3 is 0 Å². The third-order valence-corrected chi connectivity index (χ3v) is 5.79. The number of carbonyl (C=O) groups is 1. The molecule has 1 unspecified atom stereocenters. The third-order valence-electron chi connectivity index (χ3n) is 4.35. The number of halogens is 1. The van der Waals surface area contributed by atoms with Gasteiger partial charge in [0.15, 0.2) is 0 Å². The molecular formula is C17H28ClN3O3S. The van der Waals surface area contributed by atoms with Crippen molar-refractivity contribution < 1.29 is 13.2 Å². The number of likely N-dealkylation sites (tertiary alicyclic amines) is 1. The van der Waals surface area contributed by atoms with Gasteiger partial charge in [-0.25, -0.2) is 13.1 Å². The predicted octanol–water partition coefficient (Wildman–Crippen LogP) is 1.54. The van der Waals surface area contributed by atoms with Crippen molar-refractivity contribution in [3.63, 3.8) is 0 Å². The molecule has 1 heterocycles. The second kappa shape index (κ2) is 10.1. The van der Waals surface area contributed by atoms with Crippen molar-refractivity contribution in [2.75, 3.05) is 33.2 Å². The third kappa shape index (κ3) is 6.58. The van der Waals surface area contributed by atoms with Gasteiger partial charge in [0.05, 0.1) is 4.90 Å². The van der Waals surface area contributed by atoms with E-state index in [4.69, 9.17) is 0 Å². The largest absolute Gasteiger partial charge is 0.342 e. The number of aryl methyl sites for hydroxylation is 1. The Bertz CT molecular complexity index is 650. The first kappa shape index (κ1) is 21.9. The monoisotopic (exact) mass is 389 g/mol. The van der Waals surface area contributed by atoms with Crippen molar-refractivity contribution in [2.45, 2.75) is 31.1 Å². The van der Waals surface area contributed by atoms with Gasteiger partial charge in [-0.05, 0) is 44.9 Å². The van der Waals surface area contributed by atoms with Crippen molar-refractivity contribution in [2.24, 2.45) is 5.92 Å². The molecule has 1 aliphatic heterocycles. The van der Waals surface area contributed by atoms with E-state index in [1.54, 1.807) is 24.3 Å². The Labute approximate surface area is 156 Å². The zero-order chi connectivity index (χ0) is 17.6. The first-order valence-electron chi connectivity index (χ1n) is 8.41. The van der Waals surface area contributed by atoms with Gasteiger partial charge in [0, 0.05) is 32.6 Å². The number of hydrogen-bond acceptors (Lipinski definition) is 4. The van der Waals surface area contributed by atoms with Gasteiger partial charge in [-0.15, -0.1) is 12.4 Å². The second-order valence-electron chi connectivity index (χ2n) is 6.37. The first-order valence-corrected chi connectivity index (χ1v) is 9.89. The van der Waals surface area contributed by atoms with E-state index in [2.05, 4.69) is 10.0 Å². The van der Waals surface area contributed by atoms with Crippen LogP contribution in [0.3, 0.4) is 0 Å². The van der Waals surface area contributed by atoms with E-state index in [1.807, 2.05) is 18.9 Å². The smallest absolute Gasteiger partial charge is 0.240 e. The van der Waals surface area contributed by atoms with Gasteiger partial charge in [0.1, 0.15) is 0 Å². The average Bonchev–Trinajstić information content (AvgIpc) is 2.58. The number of nitrogens with one attached hydrogen (secondary N) is 2. The number of amides is 1. The number of carbonyl (C=O) groups excluding carboxylic acids is 1. The Morgan fingerprint density at radius 2 is 1.96 bits per heavy atom. The van der Waals surface area contributed by atoms with Gasteiger partial charge < -0.3 is 10.2 Å². The molecule has 1 atom stereocenters. The molecule has 0 aromatic heterocycles. The summed E-state index contributed by atoms with van der Waals surface area (Å²) in [5, 5.41) is 2.98. The summed E-state index contributed by atoms with van der Waals surface area (Å²) < 4.78 is 27.4. The molecule has 1 saturated heterocycles. The van der Waals surface area contributed by atoms with Crippen LogP contribution in [-0.4, -0.2) is 52.5 Å². The topological polar surface area (TPSA) is 78.5 Å². The van der Waals surface area contributed by atoms with Gasteiger partial charge in [-0.2, -0.15) is 0 Å². The van der Waals surface area contributed by atoms with Crippen molar-refractivity contribution in [3.05, 3.63) is 29.8 Å². The van der Waals surface area contributed by atoms with E-state index < -0.39 is 10.0 Å². The average molecular weight is 390 g/mol. The van der Waals surface area contributed by atoms with Crippen LogP contribution >= 0.6 is 12.4 Å². The zero-order valence-corrected chi connectivity index (χ0v) is 16.5. The highest BCUT2D eigenvalue weighted by Crippen LogP contribution is 2.18. The van der Waals surface area contributed by atoms with Gasteiger partial charge in [0.2, 0.25) is 15.9 Å². The molecule has 1 aromatic rings. The van der Waals surface area contributed by atoms with E-state index in [0.717, 1.165) is 24.9 Å². The van der Waals surface area contributed by atoms with Crippen LogP contribution in [0.4, 0.5) is 0 Å². The van der Waals surface area contributed by atoms with Crippen LogP contribution in [0.2, 0.25) is 0 Å². The van der Waals surface area contributed by atoms with Crippen molar-refractivity contribution in [3.8, 4) is 0 Å². The fourth-order valence-electron chi connectivity index (χ4n) is 2.88. The lowest BCUT2D eigenvalue weighted by Crippen LogP contribution is -2.44. The highest BCUT2D eigenvalue weighted by molar-refractivity contribution is 7.89. The summed E-state index contributed by atoms with van der Waals surface area (Å²) in [6.45, 7) is 4.35. The molecule has 0 spiro atoms. The fourth-order valence-corrected chi connectivity index (χ4v) is 3.99. The van der Waals surface area contributed by atoms with Crippen LogP contribution in [0.25, 0.3) is 0 Å². The van der Waals surface area contributed by atoms with Gasteiger partial charge in [0.25, 0.3) is 0 Å². The van der Waals surface area contributed by atoms with Crippen LogP contribution in [0.15, 0.2) is 29.2 Å². The maximum absolute atomic E-state index is 12.3. The fraction of sp³-hybridized carbons (Fsp3) is 0.588. The molecular weight excluding hydrogens is 362 g/mol. The molecule has 142 valence electrons. The summed E-state index contributed by atoms with van der Waals surface area (Å²) in [5.74, 6) is 0.299. The summed E-state index contributed by atoms with van der Waals surface area (Å²) >= 11 is 0. The minimum absolute atomic E-state index is 0. The SMILES string of the molecule is CNCCC(=O)N1CCCC(CNS(=O)(=O)c2ccc(C)cc2)C1.Cl. The predicted molar refractivity (Wildman–Crippen MR) is 101 cm³/mol. The normalized spacial score (nSPS) is 17.8. The number of hydrogen-bond donors (Lipinski definition) is 2. The molecule has 1 amide bonds. The van der Waals surface area contributed by atoms with Crippen molar-refractivity contribution in [1.82, 2.24) is 14.9 Å². The molecule has 0 aliphatic carbocycles.